The van der Waals surface area contributed by atoms with Crippen LogP contribution in [0.2, 0.25) is 5.02 Å². The highest BCUT2D eigenvalue weighted by Crippen LogP contribution is 2.15. The SMILES string of the molecule is O=C(Cc1ccccc1Cl)NCC(=O)N1CCNCC1. The Hall–Kier alpha value is -1.59. The molecule has 2 rings (SSSR count). The lowest BCUT2D eigenvalue weighted by Crippen LogP contribution is -2.49. The molecule has 0 aromatic heterocycles. The third kappa shape index (κ3) is 4.21. The van der Waals surface area contributed by atoms with Crippen LogP contribution in [-0.4, -0.2) is 49.4 Å². The van der Waals surface area contributed by atoms with E-state index in [9.17, 15) is 9.59 Å². The number of carbonyl (C=O) groups excluding carboxylic acids is 2. The number of amides is 2. The van der Waals surface area contributed by atoms with E-state index in [1.54, 1.807) is 17.0 Å². The standard InChI is InChI=1S/C14H18ClN3O2/c15-12-4-2-1-3-11(12)9-13(19)17-10-14(20)18-7-5-16-6-8-18/h1-4,16H,5-10H2,(H,17,19). The highest BCUT2D eigenvalue weighted by Gasteiger charge is 2.16. The summed E-state index contributed by atoms with van der Waals surface area (Å²) in [4.78, 5) is 25.4. The van der Waals surface area contributed by atoms with Gasteiger partial charge in [0.25, 0.3) is 0 Å². The summed E-state index contributed by atoms with van der Waals surface area (Å²) in [7, 11) is 0. The van der Waals surface area contributed by atoms with Gasteiger partial charge in [-0.2, -0.15) is 0 Å². The van der Waals surface area contributed by atoms with Gasteiger partial charge in [0.1, 0.15) is 0 Å². The quantitative estimate of drug-likeness (QED) is 0.847. The van der Waals surface area contributed by atoms with Crippen LogP contribution in [0.3, 0.4) is 0 Å². The first kappa shape index (κ1) is 14.8. The second kappa shape index (κ2) is 7.26. The Morgan fingerprint density at radius 3 is 2.65 bits per heavy atom. The summed E-state index contributed by atoms with van der Waals surface area (Å²) in [5, 5.41) is 6.39. The average molecular weight is 296 g/mol. The van der Waals surface area contributed by atoms with Gasteiger partial charge in [-0.15, -0.1) is 0 Å². The molecule has 1 heterocycles. The van der Waals surface area contributed by atoms with Crippen molar-refractivity contribution in [1.29, 1.82) is 0 Å². The van der Waals surface area contributed by atoms with E-state index in [4.69, 9.17) is 11.6 Å². The molecule has 0 radical (unpaired) electrons. The smallest absolute Gasteiger partial charge is 0.242 e. The number of carbonyl (C=O) groups is 2. The molecule has 1 saturated heterocycles. The molecule has 1 aromatic rings. The molecule has 0 aliphatic carbocycles. The van der Waals surface area contributed by atoms with Crippen molar-refractivity contribution >= 4 is 23.4 Å². The van der Waals surface area contributed by atoms with Crippen molar-refractivity contribution < 1.29 is 9.59 Å². The van der Waals surface area contributed by atoms with Crippen LogP contribution in [0.1, 0.15) is 5.56 Å². The third-order valence-corrected chi connectivity index (χ3v) is 3.58. The van der Waals surface area contributed by atoms with Crippen molar-refractivity contribution in [2.75, 3.05) is 32.7 Å². The van der Waals surface area contributed by atoms with Crippen LogP contribution < -0.4 is 10.6 Å². The van der Waals surface area contributed by atoms with Gasteiger partial charge in [-0.1, -0.05) is 29.8 Å². The van der Waals surface area contributed by atoms with Gasteiger partial charge in [-0.3, -0.25) is 9.59 Å². The minimum atomic E-state index is -0.193. The van der Waals surface area contributed by atoms with Crippen molar-refractivity contribution in [2.24, 2.45) is 0 Å². The Balaban J connectivity index is 1.77. The summed E-state index contributed by atoms with van der Waals surface area (Å²) in [5.41, 5.74) is 0.765. The molecule has 0 saturated carbocycles. The van der Waals surface area contributed by atoms with Gasteiger partial charge in [0, 0.05) is 31.2 Å². The topological polar surface area (TPSA) is 61.4 Å². The summed E-state index contributed by atoms with van der Waals surface area (Å²) < 4.78 is 0. The molecule has 1 fully saturated rings. The lowest BCUT2D eigenvalue weighted by molar-refractivity contribution is -0.133. The van der Waals surface area contributed by atoms with E-state index in [0.29, 0.717) is 18.1 Å². The summed E-state index contributed by atoms with van der Waals surface area (Å²) in [6.07, 6.45) is 0.189. The number of halogens is 1. The number of rotatable bonds is 4. The first-order valence-corrected chi connectivity index (χ1v) is 7.03. The number of nitrogens with zero attached hydrogens (tertiary/aromatic N) is 1. The molecule has 0 spiro atoms. The van der Waals surface area contributed by atoms with E-state index in [1.807, 2.05) is 12.1 Å². The van der Waals surface area contributed by atoms with Crippen LogP contribution in [0.5, 0.6) is 0 Å². The Kier molecular flexibility index (Phi) is 5.38. The van der Waals surface area contributed by atoms with E-state index >= 15 is 0 Å². The predicted octanol–water partition coefficient (Wildman–Crippen LogP) is 0.430. The number of benzene rings is 1. The molecule has 0 atom stereocenters. The molecule has 108 valence electrons. The second-order valence-corrected chi connectivity index (χ2v) is 5.08. The third-order valence-electron chi connectivity index (χ3n) is 3.22. The normalized spacial score (nSPS) is 14.9. The van der Waals surface area contributed by atoms with Crippen LogP contribution in [0.25, 0.3) is 0 Å². The lowest BCUT2D eigenvalue weighted by Gasteiger charge is -2.27. The lowest BCUT2D eigenvalue weighted by atomic mass is 10.1. The Bertz CT molecular complexity index is 487. The van der Waals surface area contributed by atoms with Gasteiger partial charge in [-0.25, -0.2) is 0 Å². The highest BCUT2D eigenvalue weighted by molar-refractivity contribution is 6.31. The molecule has 1 aliphatic rings. The average Bonchev–Trinajstić information content (AvgIpc) is 2.48. The Morgan fingerprint density at radius 2 is 1.95 bits per heavy atom. The Labute approximate surface area is 123 Å². The van der Waals surface area contributed by atoms with Crippen LogP contribution in [0.4, 0.5) is 0 Å². The molecular weight excluding hydrogens is 278 g/mol. The summed E-state index contributed by atoms with van der Waals surface area (Å²) >= 11 is 5.99. The van der Waals surface area contributed by atoms with Gasteiger partial charge in [0.05, 0.1) is 13.0 Å². The van der Waals surface area contributed by atoms with Crippen molar-refractivity contribution in [3.8, 4) is 0 Å². The molecule has 2 amide bonds. The van der Waals surface area contributed by atoms with Gasteiger partial charge >= 0.3 is 0 Å². The number of hydrogen-bond donors (Lipinski definition) is 2. The van der Waals surface area contributed by atoms with Gasteiger partial charge < -0.3 is 15.5 Å². The van der Waals surface area contributed by atoms with Gasteiger partial charge in [-0.05, 0) is 11.6 Å². The molecule has 20 heavy (non-hydrogen) atoms. The maximum absolute atomic E-state index is 11.9. The van der Waals surface area contributed by atoms with E-state index in [2.05, 4.69) is 10.6 Å². The minimum Gasteiger partial charge on any atom is -0.347 e. The van der Waals surface area contributed by atoms with E-state index in [-0.39, 0.29) is 24.8 Å². The van der Waals surface area contributed by atoms with Crippen LogP contribution >= 0.6 is 11.6 Å². The van der Waals surface area contributed by atoms with Gasteiger partial charge in [0.15, 0.2) is 0 Å². The summed E-state index contributed by atoms with van der Waals surface area (Å²) in [5.74, 6) is -0.236. The maximum Gasteiger partial charge on any atom is 0.242 e. The van der Waals surface area contributed by atoms with Crippen molar-refractivity contribution in [2.45, 2.75) is 6.42 Å². The number of piperazine rings is 1. The molecule has 2 N–H and O–H groups in total. The van der Waals surface area contributed by atoms with Gasteiger partial charge in [0.2, 0.25) is 11.8 Å². The Morgan fingerprint density at radius 1 is 1.25 bits per heavy atom. The molecule has 0 unspecified atom stereocenters. The fourth-order valence-corrected chi connectivity index (χ4v) is 2.28. The first-order chi connectivity index (χ1) is 9.66. The molecule has 5 nitrogen and oxygen atoms in total. The van der Waals surface area contributed by atoms with E-state index in [1.165, 1.54) is 0 Å². The summed E-state index contributed by atoms with van der Waals surface area (Å²) in [6, 6.07) is 7.20. The highest BCUT2D eigenvalue weighted by atomic mass is 35.5. The second-order valence-electron chi connectivity index (χ2n) is 4.68. The van der Waals surface area contributed by atoms with Crippen molar-refractivity contribution in [3.63, 3.8) is 0 Å². The zero-order chi connectivity index (χ0) is 14.4. The van der Waals surface area contributed by atoms with E-state index < -0.39 is 0 Å². The zero-order valence-electron chi connectivity index (χ0n) is 11.2. The number of hydrogen-bond acceptors (Lipinski definition) is 3. The van der Waals surface area contributed by atoms with Crippen molar-refractivity contribution in [1.82, 2.24) is 15.5 Å². The molecule has 0 bridgehead atoms. The number of nitrogens with one attached hydrogen (secondary N) is 2. The first-order valence-electron chi connectivity index (χ1n) is 6.65. The molecular formula is C14H18ClN3O2. The fraction of sp³-hybridized carbons (Fsp3) is 0.429. The molecule has 1 aliphatic heterocycles. The fourth-order valence-electron chi connectivity index (χ4n) is 2.08. The van der Waals surface area contributed by atoms with Crippen LogP contribution in [-0.2, 0) is 16.0 Å². The largest absolute Gasteiger partial charge is 0.347 e. The maximum atomic E-state index is 11.9. The van der Waals surface area contributed by atoms with Crippen LogP contribution in [0.15, 0.2) is 24.3 Å². The monoisotopic (exact) mass is 295 g/mol. The molecule has 1 aromatic carbocycles. The zero-order valence-corrected chi connectivity index (χ0v) is 11.9. The summed E-state index contributed by atoms with van der Waals surface area (Å²) in [6.45, 7) is 3.04. The molecule has 6 heteroatoms. The van der Waals surface area contributed by atoms with Crippen LogP contribution in [0, 0.1) is 0 Å². The minimum absolute atomic E-state index is 0.0426. The van der Waals surface area contributed by atoms with E-state index in [0.717, 1.165) is 18.7 Å². The van der Waals surface area contributed by atoms with Crippen molar-refractivity contribution in [3.05, 3.63) is 34.9 Å². The predicted molar refractivity (Wildman–Crippen MR) is 77.6 cm³/mol.